The van der Waals surface area contributed by atoms with E-state index in [1.54, 1.807) is 12.3 Å². The van der Waals surface area contributed by atoms with E-state index in [0.717, 1.165) is 31.9 Å². The number of ether oxygens (including phenoxy) is 2. The van der Waals surface area contributed by atoms with E-state index < -0.39 is 42.3 Å². The van der Waals surface area contributed by atoms with Gasteiger partial charge in [-0.25, -0.2) is 23.8 Å². The molecule has 2 aromatic rings. The van der Waals surface area contributed by atoms with E-state index in [4.69, 9.17) is 39.2 Å². The first-order chi connectivity index (χ1) is 20.6. The molecule has 11 nitrogen and oxygen atoms in total. The third kappa shape index (κ3) is 13.5. The minimum atomic E-state index is -5.08. The molecule has 4 rings (SSSR count). The van der Waals surface area contributed by atoms with Gasteiger partial charge in [0, 0.05) is 43.4 Å². The molecule has 45 heavy (non-hydrogen) atoms. The van der Waals surface area contributed by atoms with Crippen LogP contribution < -0.4 is 4.74 Å². The summed E-state index contributed by atoms with van der Waals surface area (Å²) < 4.78 is 120. The predicted octanol–water partition coefficient (Wildman–Crippen LogP) is 4.04. The van der Waals surface area contributed by atoms with E-state index in [1.807, 2.05) is 24.4 Å². The van der Waals surface area contributed by atoms with Crippen molar-refractivity contribution in [2.45, 2.75) is 25.1 Å². The standard InChI is InChI=1S/C18H20FN3O2.3C2HF3O2/c19-16-5-3-7-21-17(16)24-13-18-11-22(8-14(18)10-23-12-18)9-15-4-1-2-6-20-15;3*3-2(4,5)1(6)7/h1-7,14H,8-13H2;3*(H,6,7)/t14-,18+;;;/m1.../s1. The number of hydrogen-bond acceptors (Lipinski definition) is 8. The van der Waals surface area contributed by atoms with Gasteiger partial charge in [0.2, 0.25) is 5.88 Å². The highest BCUT2D eigenvalue weighted by Gasteiger charge is 2.51. The van der Waals surface area contributed by atoms with E-state index >= 15 is 0 Å². The van der Waals surface area contributed by atoms with Gasteiger partial charge < -0.3 is 24.8 Å². The molecule has 0 bridgehead atoms. The number of carboxylic acids is 3. The first-order valence-corrected chi connectivity index (χ1v) is 11.9. The van der Waals surface area contributed by atoms with E-state index in [1.165, 1.54) is 6.07 Å². The van der Waals surface area contributed by atoms with Crippen molar-refractivity contribution in [3.63, 3.8) is 0 Å². The van der Waals surface area contributed by atoms with Crippen molar-refractivity contribution in [2.75, 3.05) is 32.9 Å². The molecule has 2 fully saturated rings. The number of pyridine rings is 2. The number of carboxylic acid groups (broad SMARTS) is 3. The molecule has 0 aliphatic carbocycles. The summed E-state index contributed by atoms with van der Waals surface area (Å²) >= 11 is 0. The van der Waals surface area contributed by atoms with Crippen molar-refractivity contribution in [3.8, 4) is 5.88 Å². The molecule has 0 aromatic carbocycles. The molecule has 2 aliphatic heterocycles. The lowest BCUT2D eigenvalue weighted by molar-refractivity contribution is -0.193. The first kappa shape index (κ1) is 38.8. The monoisotopic (exact) mass is 671 g/mol. The molecule has 4 heterocycles. The molecule has 0 unspecified atom stereocenters. The number of aliphatic carboxylic acids is 3. The minimum absolute atomic E-state index is 0.0701. The van der Waals surface area contributed by atoms with Gasteiger partial charge in [-0.05, 0) is 24.3 Å². The quantitative estimate of drug-likeness (QED) is 0.394. The Kier molecular flexibility index (Phi) is 13.9. The Balaban J connectivity index is 0.000000396. The molecular weight excluding hydrogens is 648 g/mol. The summed E-state index contributed by atoms with van der Waals surface area (Å²) in [7, 11) is 0. The Labute approximate surface area is 246 Å². The van der Waals surface area contributed by atoms with Crippen molar-refractivity contribution in [2.24, 2.45) is 11.3 Å². The largest absolute Gasteiger partial charge is 0.490 e. The zero-order chi connectivity index (χ0) is 34.6. The summed E-state index contributed by atoms with van der Waals surface area (Å²) in [5, 5.41) is 21.4. The summed E-state index contributed by atoms with van der Waals surface area (Å²) in [5.74, 6) is -8.23. The number of halogens is 10. The van der Waals surface area contributed by atoms with E-state index in [-0.39, 0.29) is 11.3 Å². The first-order valence-electron chi connectivity index (χ1n) is 11.9. The van der Waals surface area contributed by atoms with Crippen LogP contribution in [0.2, 0.25) is 0 Å². The van der Waals surface area contributed by atoms with Crippen LogP contribution in [0.3, 0.4) is 0 Å². The number of carbonyl (C=O) groups is 3. The molecule has 252 valence electrons. The molecule has 0 spiro atoms. The molecule has 0 saturated carbocycles. The zero-order valence-electron chi connectivity index (χ0n) is 22.4. The van der Waals surface area contributed by atoms with Gasteiger partial charge >= 0.3 is 36.4 Å². The van der Waals surface area contributed by atoms with Crippen LogP contribution in [0.4, 0.5) is 43.9 Å². The van der Waals surface area contributed by atoms with E-state index in [9.17, 15) is 43.9 Å². The Morgan fingerprint density at radius 3 is 1.82 bits per heavy atom. The third-order valence-corrected chi connectivity index (χ3v) is 5.65. The number of alkyl halides is 9. The minimum Gasteiger partial charge on any atom is -0.475 e. The maximum atomic E-state index is 13.7. The lowest BCUT2D eigenvalue weighted by Crippen LogP contribution is -2.37. The molecule has 2 aliphatic rings. The fourth-order valence-electron chi connectivity index (χ4n) is 3.68. The van der Waals surface area contributed by atoms with E-state index in [2.05, 4.69) is 14.9 Å². The predicted molar refractivity (Wildman–Crippen MR) is 127 cm³/mol. The average Bonchev–Trinajstić information content (AvgIpc) is 3.45. The van der Waals surface area contributed by atoms with Crippen molar-refractivity contribution in [3.05, 3.63) is 54.2 Å². The van der Waals surface area contributed by atoms with Crippen LogP contribution in [0.15, 0.2) is 42.7 Å². The number of fused-ring (bicyclic) bond motifs is 1. The number of likely N-dealkylation sites (tertiary alicyclic amines) is 1. The van der Waals surface area contributed by atoms with Crippen LogP contribution in [0.1, 0.15) is 5.69 Å². The van der Waals surface area contributed by atoms with Crippen molar-refractivity contribution < 1.29 is 83.1 Å². The fraction of sp³-hybridized carbons (Fsp3) is 0.458. The molecule has 2 atom stereocenters. The highest BCUT2D eigenvalue weighted by molar-refractivity contribution is 5.73. The maximum Gasteiger partial charge on any atom is 0.490 e. The number of aromatic nitrogens is 2. The number of rotatable bonds is 5. The summed E-state index contributed by atoms with van der Waals surface area (Å²) in [6, 6.07) is 8.89. The molecule has 2 saturated heterocycles. The topological polar surface area (TPSA) is 159 Å². The highest BCUT2D eigenvalue weighted by atomic mass is 19.4. The van der Waals surface area contributed by atoms with Crippen molar-refractivity contribution >= 4 is 17.9 Å². The van der Waals surface area contributed by atoms with Gasteiger partial charge in [-0.3, -0.25) is 9.88 Å². The van der Waals surface area contributed by atoms with Gasteiger partial charge in [0.25, 0.3) is 0 Å². The summed E-state index contributed by atoms with van der Waals surface area (Å²) in [6.45, 7) is 4.42. The molecule has 0 radical (unpaired) electrons. The van der Waals surface area contributed by atoms with Crippen LogP contribution >= 0.6 is 0 Å². The van der Waals surface area contributed by atoms with Gasteiger partial charge in [-0.2, -0.15) is 39.5 Å². The van der Waals surface area contributed by atoms with Gasteiger partial charge in [0.1, 0.15) is 0 Å². The van der Waals surface area contributed by atoms with Crippen LogP contribution in [0, 0.1) is 17.2 Å². The summed E-state index contributed by atoms with van der Waals surface area (Å²) in [5.41, 5.74) is 0.962. The maximum absolute atomic E-state index is 13.7. The second-order valence-corrected chi connectivity index (χ2v) is 9.05. The summed E-state index contributed by atoms with van der Waals surface area (Å²) in [4.78, 5) is 37.4. The zero-order valence-corrected chi connectivity index (χ0v) is 22.4. The third-order valence-electron chi connectivity index (χ3n) is 5.65. The van der Waals surface area contributed by atoms with Crippen LogP contribution in [-0.4, -0.2) is 99.5 Å². The van der Waals surface area contributed by atoms with Gasteiger partial charge in [-0.1, -0.05) is 6.07 Å². The van der Waals surface area contributed by atoms with Gasteiger partial charge in [0.15, 0.2) is 5.82 Å². The van der Waals surface area contributed by atoms with Crippen LogP contribution in [-0.2, 0) is 25.7 Å². The SMILES string of the molecule is Fc1cccnc1OC[C@]12COC[C@H]1CN(Cc1ccccn1)C2.O=C(O)C(F)(F)F.O=C(O)C(F)(F)F.O=C(O)C(F)(F)F. The number of nitrogens with zero attached hydrogens (tertiary/aromatic N) is 3. The molecule has 3 N–H and O–H groups in total. The lowest BCUT2D eigenvalue weighted by Gasteiger charge is -2.27. The molecular formula is C24H23F10N3O8. The normalized spacial score (nSPS) is 19.4. The Morgan fingerprint density at radius 1 is 0.867 bits per heavy atom. The molecule has 0 amide bonds. The van der Waals surface area contributed by atoms with Crippen LogP contribution in [0.25, 0.3) is 0 Å². The smallest absolute Gasteiger partial charge is 0.475 e. The van der Waals surface area contributed by atoms with E-state index in [0.29, 0.717) is 19.1 Å². The molecule has 2 aromatic heterocycles. The van der Waals surface area contributed by atoms with Gasteiger partial charge in [0.05, 0.1) is 25.5 Å². The second kappa shape index (κ2) is 16.2. The second-order valence-electron chi connectivity index (χ2n) is 9.05. The average molecular weight is 671 g/mol. The highest BCUT2D eigenvalue weighted by Crippen LogP contribution is 2.42. The van der Waals surface area contributed by atoms with Crippen molar-refractivity contribution in [1.29, 1.82) is 0 Å². The fourth-order valence-corrected chi connectivity index (χ4v) is 3.68. The van der Waals surface area contributed by atoms with Crippen molar-refractivity contribution in [1.82, 2.24) is 14.9 Å². The van der Waals surface area contributed by atoms with Crippen LogP contribution in [0.5, 0.6) is 5.88 Å². The van der Waals surface area contributed by atoms with Gasteiger partial charge in [-0.15, -0.1) is 0 Å². The molecule has 21 heteroatoms. The summed E-state index contributed by atoms with van der Waals surface area (Å²) in [6.07, 6.45) is -11.9. The Bertz CT molecular complexity index is 1210. The lowest BCUT2D eigenvalue weighted by atomic mass is 9.82. The number of hydrogen-bond donors (Lipinski definition) is 3. The Hall–Kier alpha value is -4.27. The Morgan fingerprint density at radius 2 is 1.38 bits per heavy atom.